The van der Waals surface area contributed by atoms with E-state index in [1.165, 1.54) is 6.20 Å². The summed E-state index contributed by atoms with van der Waals surface area (Å²) >= 11 is 0. The number of aromatic amines is 2. The van der Waals surface area contributed by atoms with E-state index in [1.807, 2.05) is 6.07 Å². The smallest absolute Gasteiger partial charge is 0.325 e. The van der Waals surface area contributed by atoms with Crippen molar-refractivity contribution < 1.29 is 0 Å². The van der Waals surface area contributed by atoms with E-state index >= 15 is 0 Å². The van der Waals surface area contributed by atoms with E-state index in [9.17, 15) is 9.59 Å². The number of imidazole rings is 1. The van der Waals surface area contributed by atoms with Crippen LogP contribution >= 0.6 is 0 Å². The minimum Gasteiger partial charge on any atom is -0.368 e. The maximum atomic E-state index is 12.1. The Labute approximate surface area is 143 Å². The number of piperidine rings is 1. The van der Waals surface area contributed by atoms with Gasteiger partial charge in [-0.2, -0.15) is 5.10 Å². The first kappa shape index (κ1) is 15.6. The van der Waals surface area contributed by atoms with Gasteiger partial charge in [0.2, 0.25) is 0 Å². The Morgan fingerprint density at radius 1 is 1.20 bits per heavy atom. The molecule has 0 atom stereocenters. The number of hydrogen-bond donors (Lipinski definition) is 2. The van der Waals surface area contributed by atoms with Crippen LogP contribution in [-0.2, 0) is 0 Å². The number of rotatable bonds is 2. The Bertz CT molecular complexity index is 1030. The first-order valence-electron chi connectivity index (χ1n) is 8.35. The fraction of sp³-hybridized carbons (Fsp3) is 0.412. The molecule has 0 bridgehead atoms. The highest BCUT2D eigenvalue weighted by atomic mass is 16.2. The minimum atomic E-state index is -0.532. The summed E-state index contributed by atoms with van der Waals surface area (Å²) in [5.41, 5.74) is 1.91. The predicted octanol–water partition coefficient (Wildman–Crippen LogP) is 1.40. The molecular weight excluding hydrogens is 320 g/mol. The molecule has 0 aromatic carbocycles. The second-order valence-electron chi connectivity index (χ2n) is 7.25. The Kier molecular flexibility index (Phi) is 3.48. The number of nitrogens with one attached hydrogen (secondary N) is 2. The standard InChI is InChI=1S/C17H20N6O2/c1-17(2)3-6-22(7-4-17)13-9-12(21-23-8-5-18-14(13)23)11-10-19-16(25)20-15(11)24/h5,8-10H,3-4,6-7H2,1-2H3,(H2,19,20,24,25). The summed E-state index contributed by atoms with van der Waals surface area (Å²) in [5, 5.41) is 4.47. The maximum absolute atomic E-state index is 12.1. The molecule has 0 amide bonds. The Morgan fingerprint density at radius 3 is 2.68 bits per heavy atom. The van der Waals surface area contributed by atoms with Gasteiger partial charge in [0.05, 0.1) is 11.3 Å². The van der Waals surface area contributed by atoms with Crippen molar-refractivity contribution >= 4 is 11.3 Å². The van der Waals surface area contributed by atoms with Crippen molar-refractivity contribution in [3.63, 3.8) is 0 Å². The van der Waals surface area contributed by atoms with E-state index in [0.29, 0.717) is 16.7 Å². The first-order chi connectivity index (χ1) is 11.9. The zero-order chi connectivity index (χ0) is 17.6. The number of H-pyrrole nitrogens is 2. The van der Waals surface area contributed by atoms with Crippen LogP contribution in [0.15, 0.2) is 34.2 Å². The molecule has 0 radical (unpaired) electrons. The summed E-state index contributed by atoms with van der Waals surface area (Å²) in [7, 11) is 0. The van der Waals surface area contributed by atoms with Crippen LogP contribution in [0.1, 0.15) is 26.7 Å². The topological polar surface area (TPSA) is 99.2 Å². The van der Waals surface area contributed by atoms with Gasteiger partial charge in [-0.05, 0) is 24.3 Å². The van der Waals surface area contributed by atoms with Crippen molar-refractivity contribution in [3.05, 3.63) is 45.5 Å². The molecule has 1 aliphatic rings. The molecule has 4 rings (SSSR count). The third-order valence-corrected chi connectivity index (χ3v) is 4.89. The fourth-order valence-electron chi connectivity index (χ4n) is 3.22. The van der Waals surface area contributed by atoms with E-state index < -0.39 is 11.2 Å². The molecule has 3 aromatic rings. The van der Waals surface area contributed by atoms with Crippen molar-refractivity contribution in [2.75, 3.05) is 18.0 Å². The van der Waals surface area contributed by atoms with E-state index in [0.717, 1.165) is 37.3 Å². The lowest BCUT2D eigenvalue weighted by Crippen LogP contribution is -2.37. The van der Waals surface area contributed by atoms with E-state index in [2.05, 4.69) is 38.8 Å². The summed E-state index contributed by atoms with van der Waals surface area (Å²) in [5.74, 6) is 0. The Hall–Kier alpha value is -2.90. The highest BCUT2D eigenvalue weighted by Crippen LogP contribution is 2.34. The van der Waals surface area contributed by atoms with Gasteiger partial charge in [-0.15, -0.1) is 0 Å². The zero-order valence-corrected chi connectivity index (χ0v) is 14.2. The number of anilines is 1. The average Bonchev–Trinajstić information content (AvgIpc) is 3.02. The molecule has 2 N–H and O–H groups in total. The molecule has 1 saturated heterocycles. The van der Waals surface area contributed by atoms with Crippen LogP contribution in [0.4, 0.5) is 5.69 Å². The molecule has 8 nitrogen and oxygen atoms in total. The Balaban J connectivity index is 1.83. The quantitative estimate of drug-likeness (QED) is 0.735. The normalized spacial score (nSPS) is 17.1. The van der Waals surface area contributed by atoms with Crippen molar-refractivity contribution in [3.8, 4) is 11.3 Å². The van der Waals surface area contributed by atoms with E-state index in [4.69, 9.17) is 0 Å². The van der Waals surface area contributed by atoms with Crippen molar-refractivity contribution in [2.24, 2.45) is 5.41 Å². The number of nitrogens with zero attached hydrogens (tertiary/aromatic N) is 4. The van der Waals surface area contributed by atoms with Gasteiger partial charge in [-0.25, -0.2) is 14.3 Å². The van der Waals surface area contributed by atoms with Gasteiger partial charge in [-0.3, -0.25) is 9.78 Å². The van der Waals surface area contributed by atoms with Gasteiger partial charge in [0.25, 0.3) is 5.56 Å². The molecule has 1 fully saturated rings. The molecule has 1 aliphatic heterocycles. The van der Waals surface area contributed by atoms with Crippen LogP contribution in [0, 0.1) is 5.41 Å². The maximum Gasteiger partial charge on any atom is 0.325 e. The van der Waals surface area contributed by atoms with Crippen molar-refractivity contribution in [1.29, 1.82) is 0 Å². The molecule has 8 heteroatoms. The van der Waals surface area contributed by atoms with Crippen LogP contribution < -0.4 is 16.1 Å². The Morgan fingerprint density at radius 2 is 1.96 bits per heavy atom. The molecule has 25 heavy (non-hydrogen) atoms. The van der Waals surface area contributed by atoms with Crippen LogP contribution in [0.5, 0.6) is 0 Å². The molecule has 0 aliphatic carbocycles. The van der Waals surface area contributed by atoms with Gasteiger partial charge in [0, 0.05) is 31.7 Å². The largest absolute Gasteiger partial charge is 0.368 e. The molecular formula is C17H20N6O2. The molecule has 3 aromatic heterocycles. The third-order valence-electron chi connectivity index (χ3n) is 4.89. The molecule has 0 saturated carbocycles. The van der Waals surface area contributed by atoms with Crippen molar-refractivity contribution in [2.45, 2.75) is 26.7 Å². The average molecular weight is 340 g/mol. The lowest BCUT2D eigenvalue weighted by Gasteiger charge is -2.38. The summed E-state index contributed by atoms with van der Waals surface area (Å²) in [4.78, 5) is 34.9. The van der Waals surface area contributed by atoms with E-state index in [-0.39, 0.29) is 0 Å². The lowest BCUT2D eigenvalue weighted by atomic mass is 9.82. The van der Waals surface area contributed by atoms with Crippen LogP contribution in [0.2, 0.25) is 0 Å². The van der Waals surface area contributed by atoms with Gasteiger partial charge >= 0.3 is 5.69 Å². The van der Waals surface area contributed by atoms with Crippen LogP contribution in [0.25, 0.3) is 16.9 Å². The number of hydrogen-bond acceptors (Lipinski definition) is 5. The summed E-state index contributed by atoms with van der Waals surface area (Å²) < 4.78 is 1.68. The molecule has 0 unspecified atom stereocenters. The second kappa shape index (κ2) is 5.58. The van der Waals surface area contributed by atoms with Crippen molar-refractivity contribution in [1.82, 2.24) is 24.6 Å². The second-order valence-corrected chi connectivity index (χ2v) is 7.25. The molecule has 0 spiro atoms. The highest BCUT2D eigenvalue weighted by Gasteiger charge is 2.27. The minimum absolute atomic E-state index is 0.328. The van der Waals surface area contributed by atoms with Gasteiger partial charge < -0.3 is 9.88 Å². The fourth-order valence-corrected chi connectivity index (χ4v) is 3.22. The summed E-state index contributed by atoms with van der Waals surface area (Å²) in [6, 6.07) is 1.88. The monoisotopic (exact) mass is 340 g/mol. The van der Waals surface area contributed by atoms with Gasteiger partial charge in [0.15, 0.2) is 5.65 Å². The summed E-state index contributed by atoms with van der Waals surface area (Å²) in [6.07, 6.45) is 7.04. The molecule has 4 heterocycles. The third kappa shape index (κ3) is 2.84. The summed E-state index contributed by atoms with van der Waals surface area (Å²) in [6.45, 7) is 6.43. The van der Waals surface area contributed by atoms with Gasteiger partial charge in [0.1, 0.15) is 5.69 Å². The zero-order valence-electron chi connectivity index (χ0n) is 14.2. The predicted molar refractivity (Wildman–Crippen MR) is 94.9 cm³/mol. The molecule has 130 valence electrons. The number of fused-ring (bicyclic) bond motifs is 1. The van der Waals surface area contributed by atoms with E-state index in [1.54, 1.807) is 16.9 Å². The first-order valence-corrected chi connectivity index (χ1v) is 8.35. The SMILES string of the molecule is CC1(C)CCN(c2cc(-c3c[nH]c(=O)[nH]c3=O)nn3ccnc23)CC1. The number of aromatic nitrogens is 5. The van der Waals surface area contributed by atoms with Crippen LogP contribution in [0.3, 0.4) is 0 Å². The van der Waals surface area contributed by atoms with Gasteiger partial charge in [-0.1, -0.05) is 13.8 Å². The highest BCUT2D eigenvalue weighted by molar-refractivity contribution is 5.74. The lowest BCUT2D eigenvalue weighted by molar-refractivity contribution is 0.280. The van der Waals surface area contributed by atoms with Crippen LogP contribution in [-0.4, -0.2) is 37.7 Å².